The van der Waals surface area contributed by atoms with Gasteiger partial charge in [0.1, 0.15) is 5.76 Å². The summed E-state index contributed by atoms with van der Waals surface area (Å²) in [6.07, 6.45) is 0. The number of furan rings is 1. The molecule has 4 N–H and O–H groups in total. The third-order valence-electron chi connectivity index (χ3n) is 3.61. The van der Waals surface area contributed by atoms with Gasteiger partial charge in [0.05, 0.1) is 4.90 Å². The highest BCUT2D eigenvalue weighted by atomic mass is 35.5. The van der Waals surface area contributed by atoms with Gasteiger partial charge in [-0.05, 0) is 60.7 Å². The number of sulfonamides is 1. The predicted octanol–water partition coefficient (Wildman–Crippen LogP) is 3.37. The number of primary sulfonamides is 1. The molecule has 0 spiro atoms. The lowest BCUT2D eigenvalue weighted by molar-refractivity contribution is 0.0951. The summed E-state index contributed by atoms with van der Waals surface area (Å²) < 4.78 is 28.0. The normalized spacial score (nSPS) is 11.1. The Morgan fingerprint density at radius 3 is 2.43 bits per heavy atom. The van der Waals surface area contributed by atoms with Gasteiger partial charge in [-0.1, -0.05) is 23.7 Å². The summed E-state index contributed by atoms with van der Waals surface area (Å²) in [6, 6.07) is 15.8. The number of amides is 1. The number of carbonyl (C=O) groups is 1. The van der Waals surface area contributed by atoms with E-state index in [4.69, 9.17) is 33.4 Å². The number of hydrogen-bond donors (Lipinski definition) is 3. The summed E-state index contributed by atoms with van der Waals surface area (Å²) in [7, 11) is -3.78. The number of benzene rings is 2. The van der Waals surface area contributed by atoms with Crippen LogP contribution in [0.4, 0.5) is 5.69 Å². The first-order valence-corrected chi connectivity index (χ1v) is 10.2. The van der Waals surface area contributed by atoms with Crippen molar-refractivity contribution in [2.45, 2.75) is 4.90 Å². The molecule has 0 unspecified atom stereocenters. The van der Waals surface area contributed by atoms with Gasteiger partial charge in [0.25, 0.3) is 5.91 Å². The van der Waals surface area contributed by atoms with Crippen molar-refractivity contribution in [2.75, 3.05) is 5.32 Å². The Hall–Kier alpha value is -2.72. The van der Waals surface area contributed by atoms with E-state index in [2.05, 4.69) is 10.6 Å². The molecular weight excluding hydrogens is 422 g/mol. The van der Waals surface area contributed by atoms with Gasteiger partial charge in [0.2, 0.25) is 10.0 Å². The Morgan fingerprint density at radius 1 is 1.07 bits per heavy atom. The fraction of sp³-hybridized carbons (Fsp3) is 0. The van der Waals surface area contributed by atoms with Gasteiger partial charge < -0.3 is 9.73 Å². The van der Waals surface area contributed by atoms with Crippen LogP contribution >= 0.6 is 23.8 Å². The summed E-state index contributed by atoms with van der Waals surface area (Å²) in [5.74, 6) is 0.0285. The minimum atomic E-state index is -3.78. The summed E-state index contributed by atoms with van der Waals surface area (Å²) in [5, 5.41) is 10.9. The van der Waals surface area contributed by atoms with Crippen LogP contribution in [0.25, 0.3) is 11.3 Å². The molecule has 144 valence electrons. The van der Waals surface area contributed by atoms with Crippen LogP contribution in [0.2, 0.25) is 5.02 Å². The summed E-state index contributed by atoms with van der Waals surface area (Å²) in [4.78, 5) is 12.3. The van der Waals surface area contributed by atoms with Crippen molar-refractivity contribution in [3.8, 4) is 11.3 Å². The zero-order valence-electron chi connectivity index (χ0n) is 14.2. The summed E-state index contributed by atoms with van der Waals surface area (Å²) >= 11 is 11.0. The summed E-state index contributed by atoms with van der Waals surface area (Å²) in [6.45, 7) is 0. The number of carbonyl (C=O) groups excluding carboxylic acids is 1. The average Bonchev–Trinajstić information content (AvgIpc) is 3.11. The Balaban J connectivity index is 1.64. The molecule has 0 radical (unpaired) electrons. The molecule has 0 aliphatic rings. The van der Waals surface area contributed by atoms with Gasteiger partial charge in [-0.2, -0.15) is 0 Å². The molecule has 0 aliphatic heterocycles. The summed E-state index contributed by atoms with van der Waals surface area (Å²) in [5.41, 5.74) is 1.22. The molecule has 0 fully saturated rings. The second kappa shape index (κ2) is 8.11. The Kier molecular flexibility index (Phi) is 5.80. The second-order valence-corrected chi connectivity index (χ2v) is 8.06. The topological polar surface area (TPSA) is 114 Å². The molecule has 0 bridgehead atoms. The van der Waals surface area contributed by atoms with Gasteiger partial charge >= 0.3 is 0 Å². The van der Waals surface area contributed by atoms with Crippen molar-refractivity contribution < 1.29 is 17.6 Å². The molecule has 1 heterocycles. The maximum absolute atomic E-state index is 12.3. The van der Waals surface area contributed by atoms with Gasteiger partial charge in [-0.25, -0.2) is 13.6 Å². The van der Waals surface area contributed by atoms with E-state index < -0.39 is 15.9 Å². The van der Waals surface area contributed by atoms with Crippen LogP contribution in [0, 0.1) is 0 Å². The van der Waals surface area contributed by atoms with Crippen LogP contribution in [-0.2, 0) is 10.0 Å². The molecular formula is C18H14ClN3O4S2. The number of thiocarbonyl (C=S) groups is 1. The lowest BCUT2D eigenvalue weighted by Gasteiger charge is -2.09. The molecule has 1 aromatic heterocycles. The smallest absolute Gasteiger partial charge is 0.293 e. The van der Waals surface area contributed by atoms with Gasteiger partial charge in [0.15, 0.2) is 10.9 Å². The standard InChI is InChI=1S/C18H14ClN3O4S2/c19-12-3-1-2-11(10-12)15-8-9-16(26-15)17(23)22-18(27)21-13-4-6-14(7-5-13)28(20,24)25/h1-10H,(H2,20,24,25)(H2,21,22,23,27). The highest BCUT2D eigenvalue weighted by Gasteiger charge is 2.14. The molecule has 0 saturated carbocycles. The lowest BCUT2D eigenvalue weighted by Crippen LogP contribution is -2.33. The van der Waals surface area contributed by atoms with Crippen molar-refractivity contribution in [1.82, 2.24) is 5.32 Å². The maximum Gasteiger partial charge on any atom is 0.293 e. The number of hydrogen-bond acceptors (Lipinski definition) is 5. The average molecular weight is 436 g/mol. The fourth-order valence-electron chi connectivity index (χ4n) is 2.31. The van der Waals surface area contributed by atoms with E-state index in [1.165, 1.54) is 30.3 Å². The van der Waals surface area contributed by atoms with Crippen LogP contribution < -0.4 is 15.8 Å². The second-order valence-electron chi connectivity index (χ2n) is 5.65. The van der Waals surface area contributed by atoms with Crippen LogP contribution in [0.15, 0.2) is 70.0 Å². The molecule has 3 rings (SSSR count). The zero-order chi connectivity index (χ0) is 20.3. The van der Waals surface area contributed by atoms with E-state index in [1.54, 1.807) is 24.3 Å². The van der Waals surface area contributed by atoms with Crippen LogP contribution in [-0.4, -0.2) is 19.4 Å². The third-order valence-corrected chi connectivity index (χ3v) is 4.98. The van der Waals surface area contributed by atoms with Crippen molar-refractivity contribution in [3.63, 3.8) is 0 Å². The number of rotatable bonds is 4. The first kappa shape index (κ1) is 20.0. The van der Waals surface area contributed by atoms with Gasteiger partial charge in [-0.15, -0.1) is 0 Å². The maximum atomic E-state index is 12.3. The van der Waals surface area contributed by atoms with Crippen LogP contribution in [0.5, 0.6) is 0 Å². The van der Waals surface area contributed by atoms with Crippen molar-refractivity contribution in [2.24, 2.45) is 5.14 Å². The van der Waals surface area contributed by atoms with E-state index in [0.717, 1.165) is 5.56 Å². The van der Waals surface area contributed by atoms with E-state index >= 15 is 0 Å². The largest absolute Gasteiger partial charge is 0.451 e. The Bertz CT molecular complexity index is 1140. The minimum Gasteiger partial charge on any atom is -0.451 e. The molecule has 0 saturated heterocycles. The predicted molar refractivity (Wildman–Crippen MR) is 111 cm³/mol. The van der Waals surface area contributed by atoms with Crippen molar-refractivity contribution >= 4 is 50.5 Å². The molecule has 0 atom stereocenters. The first-order valence-electron chi connectivity index (χ1n) is 7.83. The Labute approximate surface area is 171 Å². The van der Waals surface area contributed by atoms with E-state index in [9.17, 15) is 13.2 Å². The van der Waals surface area contributed by atoms with E-state index in [-0.39, 0.29) is 15.8 Å². The Morgan fingerprint density at radius 2 is 1.79 bits per heavy atom. The quantitative estimate of drug-likeness (QED) is 0.541. The molecule has 3 aromatic rings. The fourth-order valence-corrected chi connectivity index (χ4v) is 3.23. The SMILES string of the molecule is NS(=O)(=O)c1ccc(NC(=S)NC(=O)c2ccc(-c3cccc(Cl)c3)o2)cc1. The first-order chi connectivity index (χ1) is 13.2. The monoisotopic (exact) mass is 435 g/mol. The van der Waals surface area contributed by atoms with Crippen molar-refractivity contribution in [1.29, 1.82) is 0 Å². The van der Waals surface area contributed by atoms with Crippen LogP contribution in [0.1, 0.15) is 10.6 Å². The number of halogens is 1. The minimum absolute atomic E-state index is 0.0223. The highest BCUT2D eigenvalue weighted by molar-refractivity contribution is 7.89. The van der Waals surface area contributed by atoms with Crippen LogP contribution in [0.3, 0.4) is 0 Å². The van der Waals surface area contributed by atoms with Gasteiger partial charge in [-0.3, -0.25) is 10.1 Å². The number of anilines is 1. The lowest BCUT2D eigenvalue weighted by atomic mass is 10.2. The third kappa shape index (κ3) is 4.96. The van der Waals surface area contributed by atoms with Crippen molar-refractivity contribution in [3.05, 3.63) is 71.4 Å². The van der Waals surface area contributed by atoms with E-state index in [0.29, 0.717) is 16.5 Å². The zero-order valence-corrected chi connectivity index (χ0v) is 16.6. The molecule has 0 aliphatic carbocycles. The molecule has 1 amide bonds. The molecule has 7 nitrogen and oxygen atoms in total. The number of nitrogens with two attached hydrogens (primary N) is 1. The van der Waals surface area contributed by atoms with E-state index in [1.807, 2.05) is 6.07 Å². The molecule has 10 heteroatoms. The molecule has 28 heavy (non-hydrogen) atoms. The number of nitrogens with one attached hydrogen (secondary N) is 2. The highest BCUT2D eigenvalue weighted by Crippen LogP contribution is 2.24. The van der Waals surface area contributed by atoms with Gasteiger partial charge in [0, 0.05) is 16.3 Å². The molecule has 2 aromatic carbocycles.